The number of hydrogen-bond donors (Lipinski definition) is 1. The molecule has 0 radical (unpaired) electrons. The molecule has 2 aromatic rings. The van der Waals surface area contributed by atoms with Gasteiger partial charge in [-0.2, -0.15) is 0 Å². The van der Waals surface area contributed by atoms with Gasteiger partial charge in [-0.05, 0) is 54.6 Å². The van der Waals surface area contributed by atoms with Gasteiger partial charge < -0.3 is 5.32 Å². The minimum absolute atomic E-state index is 0.104. The van der Waals surface area contributed by atoms with Gasteiger partial charge in [0.25, 0.3) is 11.1 Å². The monoisotopic (exact) mass is 430 g/mol. The smallest absolute Gasteiger partial charge is 0.293 e. The Morgan fingerprint density at radius 2 is 1.83 bits per heavy atom. The van der Waals surface area contributed by atoms with Crippen LogP contribution in [0.5, 0.6) is 0 Å². The van der Waals surface area contributed by atoms with Gasteiger partial charge >= 0.3 is 0 Å². The van der Waals surface area contributed by atoms with E-state index in [2.05, 4.69) is 5.32 Å². The molecule has 0 spiro atoms. The number of hydrogen-bond acceptors (Lipinski definition) is 5. The summed E-state index contributed by atoms with van der Waals surface area (Å²) in [6.07, 6.45) is 1.56. The van der Waals surface area contributed by atoms with Crippen LogP contribution in [-0.2, 0) is 9.59 Å². The summed E-state index contributed by atoms with van der Waals surface area (Å²) in [4.78, 5) is 38.9. The quantitative estimate of drug-likeness (QED) is 0.530. The zero-order chi connectivity index (χ0) is 20.8. The fraction of sp³-hybridized carbons (Fsp3) is 0.190. The number of carbonyl (C=O) groups is 3. The summed E-state index contributed by atoms with van der Waals surface area (Å²) in [5, 5.41) is 2.34. The molecule has 3 amide bonds. The standard InChI is InChI=1S/C21H19FN2O3S2/c1-14-2-8-17(9-3-14)28-13-19(25)23-10-11-24-20(26)18(29-21(24)27)12-15-4-6-16(22)7-5-15/h2-9,12H,10-11,13H2,1H3,(H,23,25). The second-order valence-electron chi connectivity index (χ2n) is 6.34. The number of amides is 3. The van der Waals surface area contributed by atoms with Crippen molar-refractivity contribution in [1.29, 1.82) is 0 Å². The number of thioether (sulfide) groups is 2. The number of imide groups is 1. The minimum atomic E-state index is -0.410. The molecule has 0 bridgehead atoms. The van der Waals surface area contributed by atoms with Crippen LogP contribution in [0.1, 0.15) is 11.1 Å². The van der Waals surface area contributed by atoms with Crippen LogP contribution >= 0.6 is 23.5 Å². The highest BCUT2D eigenvalue weighted by atomic mass is 32.2. The van der Waals surface area contributed by atoms with Gasteiger partial charge in [-0.1, -0.05) is 29.8 Å². The number of nitrogens with zero attached hydrogens (tertiary/aromatic N) is 1. The van der Waals surface area contributed by atoms with Gasteiger partial charge in [-0.3, -0.25) is 19.3 Å². The first kappa shape index (κ1) is 21.1. The maximum absolute atomic E-state index is 13.0. The molecule has 3 rings (SSSR count). The van der Waals surface area contributed by atoms with Crippen molar-refractivity contribution in [3.8, 4) is 0 Å². The molecular weight excluding hydrogens is 411 g/mol. The van der Waals surface area contributed by atoms with Crippen molar-refractivity contribution in [2.45, 2.75) is 11.8 Å². The van der Waals surface area contributed by atoms with Gasteiger partial charge in [-0.25, -0.2) is 4.39 Å². The fourth-order valence-electron chi connectivity index (χ4n) is 2.54. The summed E-state index contributed by atoms with van der Waals surface area (Å²) in [5.41, 5.74) is 1.79. The fourth-order valence-corrected chi connectivity index (χ4v) is 4.14. The molecule has 29 heavy (non-hydrogen) atoms. The van der Waals surface area contributed by atoms with E-state index in [1.54, 1.807) is 6.08 Å². The van der Waals surface area contributed by atoms with Crippen LogP contribution in [0.25, 0.3) is 6.08 Å². The zero-order valence-corrected chi connectivity index (χ0v) is 17.3. The molecular formula is C21H19FN2O3S2. The minimum Gasteiger partial charge on any atom is -0.354 e. The van der Waals surface area contributed by atoms with E-state index in [0.717, 1.165) is 27.1 Å². The average Bonchev–Trinajstić information content (AvgIpc) is 2.96. The highest BCUT2D eigenvalue weighted by Gasteiger charge is 2.34. The van der Waals surface area contributed by atoms with E-state index in [0.29, 0.717) is 5.56 Å². The second-order valence-corrected chi connectivity index (χ2v) is 8.38. The van der Waals surface area contributed by atoms with E-state index in [4.69, 9.17) is 0 Å². The number of aryl methyl sites for hydroxylation is 1. The van der Waals surface area contributed by atoms with Crippen LogP contribution in [-0.4, -0.2) is 40.8 Å². The van der Waals surface area contributed by atoms with E-state index >= 15 is 0 Å². The summed E-state index contributed by atoms with van der Waals surface area (Å²) >= 11 is 2.26. The van der Waals surface area contributed by atoms with Crippen LogP contribution in [0.15, 0.2) is 58.3 Å². The van der Waals surface area contributed by atoms with Crippen molar-refractivity contribution >= 4 is 46.7 Å². The van der Waals surface area contributed by atoms with Crippen molar-refractivity contribution in [2.24, 2.45) is 0 Å². The molecule has 0 unspecified atom stereocenters. The molecule has 8 heteroatoms. The molecule has 0 atom stereocenters. The molecule has 0 saturated carbocycles. The third kappa shape index (κ3) is 5.95. The Balaban J connectivity index is 1.47. The Hall–Kier alpha value is -2.58. The lowest BCUT2D eigenvalue weighted by Crippen LogP contribution is -2.37. The third-order valence-electron chi connectivity index (χ3n) is 4.09. The van der Waals surface area contributed by atoms with Crippen LogP contribution in [0, 0.1) is 12.7 Å². The molecule has 5 nitrogen and oxygen atoms in total. The lowest BCUT2D eigenvalue weighted by Gasteiger charge is -2.13. The van der Waals surface area contributed by atoms with Crippen LogP contribution < -0.4 is 5.32 Å². The normalized spacial score (nSPS) is 15.2. The Kier molecular flexibility index (Phi) is 7.11. The number of benzene rings is 2. The van der Waals surface area contributed by atoms with Gasteiger partial charge in [0.1, 0.15) is 5.82 Å². The van der Waals surface area contributed by atoms with Crippen molar-refractivity contribution < 1.29 is 18.8 Å². The number of carbonyl (C=O) groups excluding carboxylic acids is 3. The molecule has 0 aromatic heterocycles. The highest BCUT2D eigenvalue weighted by Crippen LogP contribution is 2.31. The van der Waals surface area contributed by atoms with Crippen molar-refractivity contribution in [1.82, 2.24) is 10.2 Å². The van der Waals surface area contributed by atoms with Crippen LogP contribution in [0.2, 0.25) is 0 Å². The van der Waals surface area contributed by atoms with Gasteiger partial charge in [0.2, 0.25) is 5.91 Å². The summed E-state index contributed by atoms with van der Waals surface area (Å²) in [5.74, 6) is -0.682. The van der Waals surface area contributed by atoms with Crippen LogP contribution in [0.4, 0.5) is 9.18 Å². The topological polar surface area (TPSA) is 66.5 Å². The van der Waals surface area contributed by atoms with Crippen molar-refractivity contribution in [2.75, 3.05) is 18.8 Å². The van der Waals surface area contributed by atoms with E-state index in [1.165, 1.54) is 36.0 Å². The lowest BCUT2D eigenvalue weighted by atomic mass is 10.2. The molecule has 1 N–H and O–H groups in total. The van der Waals surface area contributed by atoms with Crippen molar-refractivity contribution in [3.05, 3.63) is 70.4 Å². The average molecular weight is 431 g/mol. The number of rotatable bonds is 7. The first-order chi connectivity index (χ1) is 13.9. The zero-order valence-electron chi connectivity index (χ0n) is 15.7. The van der Waals surface area contributed by atoms with Crippen molar-refractivity contribution in [3.63, 3.8) is 0 Å². The van der Waals surface area contributed by atoms with Gasteiger partial charge in [0.15, 0.2) is 0 Å². The Morgan fingerprint density at radius 3 is 2.52 bits per heavy atom. The van der Waals surface area contributed by atoms with E-state index in [-0.39, 0.29) is 40.7 Å². The Bertz CT molecular complexity index is 943. The summed E-state index contributed by atoms with van der Waals surface area (Å²) in [6, 6.07) is 13.5. The number of halogens is 1. The first-order valence-corrected chi connectivity index (χ1v) is 10.7. The molecule has 1 saturated heterocycles. The van der Waals surface area contributed by atoms with Crippen LogP contribution in [0.3, 0.4) is 0 Å². The second kappa shape index (κ2) is 9.76. The van der Waals surface area contributed by atoms with E-state index < -0.39 is 5.91 Å². The summed E-state index contributed by atoms with van der Waals surface area (Å²) < 4.78 is 13.0. The Morgan fingerprint density at radius 1 is 1.14 bits per heavy atom. The predicted octanol–water partition coefficient (Wildman–Crippen LogP) is 4.08. The first-order valence-electron chi connectivity index (χ1n) is 8.89. The largest absolute Gasteiger partial charge is 0.354 e. The number of nitrogens with one attached hydrogen (secondary N) is 1. The Labute approximate surface area is 176 Å². The molecule has 1 aliphatic heterocycles. The van der Waals surface area contributed by atoms with E-state index in [9.17, 15) is 18.8 Å². The molecule has 1 fully saturated rings. The SMILES string of the molecule is Cc1ccc(SCC(=O)NCCN2C(=O)SC(=Cc3ccc(F)cc3)C2=O)cc1. The molecule has 2 aromatic carbocycles. The third-order valence-corrected chi connectivity index (χ3v) is 6.01. The maximum Gasteiger partial charge on any atom is 0.293 e. The van der Waals surface area contributed by atoms with Gasteiger partial charge in [0, 0.05) is 18.0 Å². The summed E-state index contributed by atoms with van der Waals surface area (Å²) in [6.45, 7) is 2.29. The van der Waals surface area contributed by atoms with Gasteiger partial charge in [0.05, 0.1) is 10.7 Å². The molecule has 1 heterocycles. The molecule has 0 aliphatic carbocycles. The molecule has 1 aliphatic rings. The highest BCUT2D eigenvalue weighted by molar-refractivity contribution is 8.18. The molecule has 150 valence electrons. The summed E-state index contributed by atoms with van der Waals surface area (Å²) in [7, 11) is 0. The van der Waals surface area contributed by atoms with Gasteiger partial charge in [-0.15, -0.1) is 11.8 Å². The predicted molar refractivity (Wildman–Crippen MR) is 114 cm³/mol. The van der Waals surface area contributed by atoms with E-state index in [1.807, 2.05) is 31.2 Å². The maximum atomic E-state index is 13.0. The lowest BCUT2D eigenvalue weighted by molar-refractivity contribution is -0.123.